The van der Waals surface area contributed by atoms with Crippen LogP contribution in [0.4, 0.5) is 11.4 Å². The molecule has 0 radical (unpaired) electrons. The first-order valence-electron chi connectivity index (χ1n) is 6.48. The zero-order valence-electron chi connectivity index (χ0n) is 11.7. The fraction of sp³-hybridized carbons (Fsp3) is 0.125. The van der Waals surface area contributed by atoms with Crippen molar-refractivity contribution in [2.24, 2.45) is 5.84 Å². The van der Waals surface area contributed by atoms with Gasteiger partial charge in [-0.2, -0.15) is 5.26 Å². The molecule has 2 aromatic rings. The lowest BCUT2D eigenvalue weighted by Crippen LogP contribution is -2.13. The molecule has 0 aliphatic rings. The van der Waals surface area contributed by atoms with Gasteiger partial charge in [0.15, 0.2) is 0 Å². The standard InChI is InChI=1S/C16H16N4O/c1-11-10-13(4-7-15(11)20-18)16(21)19-14-5-2-12(3-6-14)8-9-17/h2-7,10,20H,8,18H2,1H3,(H,19,21). The number of hydrogen-bond donors (Lipinski definition) is 3. The number of nitrogen functional groups attached to an aromatic ring is 1. The number of hydrogen-bond acceptors (Lipinski definition) is 4. The van der Waals surface area contributed by atoms with Crippen molar-refractivity contribution in [3.8, 4) is 6.07 Å². The number of amides is 1. The maximum Gasteiger partial charge on any atom is 0.255 e. The third-order valence-electron chi connectivity index (χ3n) is 3.14. The van der Waals surface area contributed by atoms with Crippen LogP contribution in [-0.2, 0) is 6.42 Å². The molecule has 0 aliphatic carbocycles. The van der Waals surface area contributed by atoms with Crippen LogP contribution in [-0.4, -0.2) is 5.91 Å². The smallest absolute Gasteiger partial charge is 0.255 e. The first-order valence-corrected chi connectivity index (χ1v) is 6.48. The van der Waals surface area contributed by atoms with Crippen LogP contribution in [0.25, 0.3) is 0 Å². The predicted molar refractivity (Wildman–Crippen MR) is 82.7 cm³/mol. The van der Waals surface area contributed by atoms with Crippen molar-refractivity contribution < 1.29 is 4.79 Å². The van der Waals surface area contributed by atoms with E-state index in [0.717, 1.165) is 16.8 Å². The topological polar surface area (TPSA) is 90.9 Å². The summed E-state index contributed by atoms with van der Waals surface area (Å²) in [6, 6.07) is 14.5. The zero-order chi connectivity index (χ0) is 15.2. The van der Waals surface area contributed by atoms with Crippen LogP contribution in [0.2, 0.25) is 0 Å². The van der Waals surface area contributed by atoms with E-state index in [0.29, 0.717) is 17.7 Å². The number of anilines is 2. The number of aryl methyl sites for hydroxylation is 1. The summed E-state index contributed by atoms with van der Waals surface area (Å²) in [6.45, 7) is 1.88. The average Bonchev–Trinajstić information content (AvgIpc) is 2.49. The summed E-state index contributed by atoms with van der Waals surface area (Å²) >= 11 is 0. The van der Waals surface area contributed by atoms with Gasteiger partial charge in [0.25, 0.3) is 5.91 Å². The Bertz CT molecular complexity index is 686. The second-order valence-electron chi connectivity index (χ2n) is 4.66. The summed E-state index contributed by atoms with van der Waals surface area (Å²) in [6.07, 6.45) is 0.362. The molecule has 2 aromatic carbocycles. The Morgan fingerprint density at radius 3 is 2.52 bits per heavy atom. The van der Waals surface area contributed by atoms with Crippen molar-refractivity contribution in [1.29, 1.82) is 5.26 Å². The third-order valence-corrected chi connectivity index (χ3v) is 3.14. The zero-order valence-corrected chi connectivity index (χ0v) is 11.7. The molecule has 4 N–H and O–H groups in total. The molecule has 0 spiro atoms. The minimum Gasteiger partial charge on any atom is -0.324 e. The molecule has 5 heteroatoms. The largest absolute Gasteiger partial charge is 0.324 e. The molecule has 0 bridgehead atoms. The normalized spacial score (nSPS) is 9.76. The molecular formula is C16H16N4O. The lowest BCUT2D eigenvalue weighted by Gasteiger charge is -2.09. The minimum atomic E-state index is -0.185. The molecule has 0 saturated carbocycles. The van der Waals surface area contributed by atoms with E-state index in [9.17, 15) is 4.79 Å². The van der Waals surface area contributed by atoms with Crippen molar-refractivity contribution in [2.45, 2.75) is 13.3 Å². The fourth-order valence-electron chi connectivity index (χ4n) is 1.97. The Balaban J connectivity index is 2.10. The maximum absolute atomic E-state index is 12.2. The molecule has 0 unspecified atom stereocenters. The Labute approximate surface area is 123 Å². The predicted octanol–water partition coefficient (Wildman–Crippen LogP) is 2.60. The van der Waals surface area contributed by atoms with Crippen LogP contribution in [0.15, 0.2) is 42.5 Å². The summed E-state index contributed by atoms with van der Waals surface area (Å²) in [5.41, 5.74) is 6.43. The first kappa shape index (κ1) is 14.6. The molecule has 0 aliphatic heterocycles. The number of benzene rings is 2. The Kier molecular flexibility index (Phi) is 4.54. The lowest BCUT2D eigenvalue weighted by atomic mass is 10.1. The summed E-state index contributed by atoms with van der Waals surface area (Å²) in [5.74, 6) is 5.18. The van der Waals surface area contributed by atoms with Crippen molar-refractivity contribution in [2.75, 3.05) is 10.7 Å². The Morgan fingerprint density at radius 2 is 1.95 bits per heavy atom. The van der Waals surface area contributed by atoms with Gasteiger partial charge in [0.05, 0.1) is 18.2 Å². The van der Waals surface area contributed by atoms with Gasteiger partial charge in [-0.3, -0.25) is 10.6 Å². The van der Waals surface area contributed by atoms with E-state index in [1.54, 1.807) is 30.3 Å². The summed E-state index contributed by atoms with van der Waals surface area (Å²) < 4.78 is 0. The Hall–Kier alpha value is -2.84. The van der Waals surface area contributed by atoms with E-state index in [-0.39, 0.29) is 5.91 Å². The van der Waals surface area contributed by atoms with E-state index < -0.39 is 0 Å². The van der Waals surface area contributed by atoms with E-state index in [1.165, 1.54) is 0 Å². The molecule has 1 amide bonds. The molecule has 0 saturated heterocycles. The van der Waals surface area contributed by atoms with E-state index >= 15 is 0 Å². The number of carbonyl (C=O) groups is 1. The summed E-state index contributed by atoms with van der Waals surface area (Å²) in [4.78, 5) is 12.2. The second-order valence-corrected chi connectivity index (χ2v) is 4.66. The molecule has 106 valence electrons. The van der Waals surface area contributed by atoms with Crippen LogP contribution in [0, 0.1) is 18.3 Å². The summed E-state index contributed by atoms with van der Waals surface area (Å²) in [7, 11) is 0. The van der Waals surface area contributed by atoms with Crippen LogP contribution in [0.5, 0.6) is 0 Å². The number of nitrogens with zero attached hydrogens (tertiary/aromatic N) is 1. The van der Waals surface area contributed by atoms with Gasteiger partial charge in [-0.05, 0) is 48.4 Å². The van der Waals surface area contributed by atoms with Gasteiger partial charge < -0.3 is 10.7 Å². The van der Waals surface area contributed by atoms with Gasteiger partial charge in [0.1, 0.15) is 0 Å². The van der Waals surface area contributed by atoms with E-state index in [2.05, 4.69) is 16.8 Å². The number of rotatable bonds is 4. The lowest BCUT2D eigenvalue weighted by molar-refractivity contribution is 0.102. The highest BCUT2D eigenvalue weighted by atomic mass is 16.1. The van der Waals surface area contributed by atoms with Crippen molar-refractivity contribution in [3.63, 3.8) is 0 Å². The van der Waals surface area contributed by atoms with Gasteiger partial charge in [0.2, 0.25) is 0 Å². The van der Waals surface area contributed by atoms with E-state index in [4.69, 9.17) is 11.1 Å². The van der Waals surface area contributed by atoms with Crippen LogP contribution in [0.3, 0.4) is 0 Å². The van der Waals surface area contributed by atoms with Gasteiger partial charge in [0, 0.05) is 11.3 Å². The van der Waals surface area contributed by atoms with Gasteiger partial charge in [-0.25, -0.2) is 0 Å². The highest BCUT2D eigenvalue weighted by Crippen LogP contribution is 2.17. The quantitative estimate of drug-likeness (QED) is 0.593. The maximum atomic E-state index is 12.2. The average molecular weight is 280 g/mol. The molecule has 5 nitrogen and oxygen atoms in total. The molecule has 0 heterocycles. The van der Waals surface area contributed by atoms with Crippen molar-refractivity contribution in [3.05, 3.63) is 59.2 Å². The molecule has 2 rings (SSSR count). The van der Waals surface area contributed by atoms with Gasteiger partial charge in [-0.15, -0.1) is 0 Å². The third kappa shape index (κ3) is 3.59. The fourth-order valence-corrected chi connectivity index (χ4v) is 1.97. The van der Waals surface area contributed by atoms with Crippen molar-refractivity contribution >= 4 is 17.3 Å². The number of nitrogens with one attached hydrogen (secondary N) is 2. The number of nitriles is 1. The second kappa shape index (κ2) is 6.55. The van der Waals surface area contributed by atoms with Gasteiger partial charge >= 0.3 is 0 Å². The van der Waals surface area contributed by atoms with E-state index in [1.807, 2.05) is 19.1 Å². The highest BCUT2D eigenvalue weighted by molar-refractivity contribution is 6.04. The highest BCUT2D eigenvalue weighted by Gasteiger charge is 2.08. The monoisotopic (exact) mass is 280 g/mol. The van der Waals surface area contributed by atoms with Crippen molar-refractivity contribution in [1.82, 2.24) is 0 Å². The van der Waals surface area contributed by atoms with Gasteiger partial charge in [-0.1, -0.05) is 12.1 Å². The summed E-state index contributed by atoms with van der Waals surface area (Å²) in [5, 5.41) is 11.4. The number of nitrogens with two attached hydrogens (primary N) is 1. The molecule has 0 fully saturated rings. The van der Waals surface area contributed by atoms with Crippen LogP contribution < -0.4 is 16.6 Å². The van der Waals surface area contributed by atoms with Crippen LogP contribution >= 0.6 is 0 Å². The Morgan fingerprint density at radius 1 is 1.24 bits per heavy atom. The molecular weight excluding hydrogens is 264 g/mol. The van der Waals surface area contributed by atoms with Crippen LogP contribution in [0.1, 0.15) is 21.5 Å². The number of carbonyl (C=O) groups excluding carboxylic acids is 1. The number of hydrazine groups is 1. The minimum absolute atomic E-state index is 0.185. The SMILES string of the molecule is Cc1cc(C(=O)Nc2ccc(CC#N)cc2)ccc1NN. The first-order chi connectivity index (χ1) is 10.1. The molecule has 21 heavy (non-hydrogen) atoms. The molecule has 0 atom stereocenters. The molecule has 0 aromatic heterocycles.